The van der Waals surface area contributed by atoms with Crippen LogP contribution in [-0.4, -0.2) is 26.6 Å². The van der Waals surface area contributed by atoms with Gasteiger partial charge in [-0.3, -0.25) is 14.6 Å². The first-order chi connectivity index (χ1) is 15.6. The lowest BCUT2D eigenvalue weighted by Gasteiger charge is -2.34. The second-order valence-corrected chi connectivity index (χ2v) is 9.83. The lowest BCUT2D eigenvalue weighted by atomic mass is 9.81. The van der Waals surface area contributed by atoms with Crippen LogP contribution in [0.1, 0.15) is 51.8 Å². The first kappa shape index (κ1) is 23.3. The highest BCUT2D eigenvalue weighted by Gasteiger charge is 2.39. The Bertz CT molecular complexity index is 1290. The molecule has 1 saturated carbocycles. The molecule has 174 valence electrons. The number of amides is 1. The molecule has 1 unspecified atom stereocenters. The van der Waals surface area contributed by atoms with E-state index in [4.69, 9.17) is 11.6 Å². The highest BCUT2D eigenvalue weighted by molar-refractivity contribution is 7.12. The zero-order valence-corrected chi connectivity index (χ0v) is 19.2. The average Bonchev–Trinajstić information content (AvgIpc) is 3.19. The summed E-state index contributed by atoms with van der Waals surface area (Å²) in [7, 11) is 0. The van der Waals surface area contributed by atoms with Crippen LogP contribution in [0.5, 0.6) is 0 Å². The lowest BCUT2D eigenvalue weighted by Crippen LogP contribution is -2.37. The van der Waals surface area contributed by atoms with Crippen molar-refractivity contribution in [3.63, 3.8) is 0 Å². The third kappa shape index (κ3) is 5.22. The van der Waals surface area contributed by atoms with Gasteiger partial charge in [0.25, 0.3) is 11.5 Å². The summed E-state index contributed by atoms with van der Waals surface area (Å²) in [4.78, 5) is 40.7. The first-order valence-corrected chi connectivity index (χ1v) is 11.6. The number of halogens is 3. The van der Waals surface area contributed by atoms with E-state index in [2.05, 4.69) is 15.4 Å². The van der Waals surface area contributed by atoms with Crippen LogP contribution in [0, 0.1) is 12.8 Å². The average molecular weight is 495 g/mol. The molecular weight excluding hydrogens is 474 g/mol. The summed E-state index contributed by atoms with van der Waals surface area (Å²) >= 11 is 7.79. The van der Waals surface area contributed by atoms with Crippen molar-refractivity contribution < 1.29 is 13.6 Å². The smallest absolute Gasteiger partial charge is 0.344 e. The molecule has 2 N–H and O–H groups in total. The van der Waals surface area contributed by atoms with Gasteiger partial charge in [0.05, 0.1) is 22.3 Å². The minimum absolute atomic E-state index is 0.105. The Morgan fingerprint density at radius 1 is 1.27 bits per heavy atom. The van der Waals surface area contributed by atoms with Crippen LogP contribution in [0.3, 0.4) is 0 Å². The number of nitrogens with zero attached hydrogens (tertiary/aromatic N) is 2. The molecule has 0 bridgehead atoms. The molecule has 1 amide bonds. The number of aromatic nitrogens is 3. The van der Waals surface area contributed by atoms with Gasteiger partial charge in [0.1, 0.15) is 6.20 Å². The molecule has 1 atom stereocenters. The van der Waals surface area contributed by atoms with E-state index in [1.807, 2.05) is 19.1 Å². The van der Waals surface area contributed by atoms with Crippen molar-refractivity contribution >= 4 is 28.8 Å². The standard InChI is InChI=1S/C22H21ClF2N4O3S/c1-12-2-5-17(33-12)19(13-6-8-22(24,25)9-7-13)28-20(31)15-10-14(3-4-16(15)23)29-21(32)27-18(30)11-26-29/h2-5,10-11,13,19H,6-9H2,1H3,(H,28,31)(H,27,30,32). The summed E-state index contributed by atoms with van der Waals surface area (Å²) in [6.07, 6.45) is 1.10. The minimum Gasteiger partial charge on any atom is -0.344 e. The Morgan fingerprint density at radius 3 is 2.64 bits per heavy atom. The van der Waals surface area contributed by atoms with Crippen molar-refractivity contribution in [2.45, 2.75) is 44.6 Å². The minimum atomic E-state index is -2.68. The summed E-state index contributed by atoms with van der Waals surface area (Å²) in [6, 6.07) is 7.74. The summed E-state index contributed by atoms with van der Waals surface area (Å²) in [5, 5.41) is 6.93. The fraction of sp³-hybridized carbons (Fsp3) is 0.364. The summed E-state index contributed by atoms with van der Waals surface area (Å²) in [5.74, 6) is -3.31. The molecule has 0 spiro atoms. The number of H-pyrrole nitrogens is 1. The molecule has 1 aromatic carbocycles. The third-order valence-corrected chi connectivity index (χ3v) is 7.15. The fourth-order valence-corrected chi connectivity index (χ4v) is 5.24. The zero-order valence-electron chi connectivity index (χ0n) is 17.6. The number of carbonyl (C=O) groups excluding carboxylic acids is 1. The maximum Gasteiger partial charge on any atom is 0.349 e. The van der Waals surface area contributed by atoms with Crippen molar-refractivity contribution in [1.82, 2.24) is 20.1 Å². The normalized spacial score (nSPS) is 17.0. The predicted octanol–water partition coefficient (Wildman–Crippen LogP) is 4.24. The number of hydrogen-bond acceptors (Lipinski definition) is 5. The van der Waals surface area contributed by atoms with Crippen molar-refractivity contribution in [2.24, 2.45) is 5.92 Å². The number of rotatable bonds is 5. The molecule has 11 heteroatoms. The van der Waals surface area contributed by atoms with Gasteiger partial charge in [-0.25, -0.2) is 13.6 Å². The second kappa shape index (κ2) is 9.18. The van der Waals surface area contributed by atoms with Gasteiger partial charge in [-0.05, 0) is 56.0 Å². The highest BCUT2D eigenvalue weighted by atomic mass is 35.5. The fourth-order valence-electron chi connectivity index (χ4n) is 4.01. The predicted molar refractivity (Wildman–Crippen MR) is 122 cm³/mol. The number of carbonyl (C=O) groups is 1. The van der Waals surface area contributed by atoms with E-state index in [9.17, 15) is 23.2 Å². The molecule has 33 heavy (non-hydrogen) atoms. The van der Waals surface area contributed by atoms with Gasteiger partial charge in [0.15, 0.2) is 0 Å². The SMILES string of the molecule is Cc1ccc(C(NC(=O)c2cc(-n3ncc(=O)[nH]c3=O)ccc2Cl)C2CCC(F)(F)CC2)s1. The zero-order chi connectivity index (χ0) is 23.8. The van der Waals surface area contributed by atoms with E-state index in [-0.39, 0.29) is 35.0 Å². The van der Waals surface area contributed by atoms with Gasteiger partial charge < -0.3 is 5.32 Å². The number of alkyl halides is 2. The topological polar surface area (TPSA) is 96.8 Å². The molecule has 0 radical (unpaired) electrons. The van der Waals surface area contributed by atoms with E-state index in [0.29, 0.717) is 12.8 Å². The van der Waals surface area contributed by atoms with Gasteiger partial charge in [-0.1, -0.05) is 11.6 Å². The molecule has 1 aliphatic rings. The molecule has 2 aromatic heterocycles. The Kier molecular flexibility index (Phi) is 6.49. The molecule has 7 nitrogen and oxygen atoms in total. The van der Waals surface area contributed by atoms with Gasteiger partial charge >= 0.3 is 5.69 Å². The molecule has 2 heterocycles. The van der Waals surface area contributed by atoms with E-state index in [1.165, 1.54) is 29.5 Å². The van der Waals surface area contributed by atoms with Crippen LogP contribution < -0.4 is 16.6 Å². The largest absolute Gasteiger partial charge is 0.349 e. The highest BCUT2D eigenvalue weighted by Crippen LogP contribution is 2.42. The van der Waals surface area contributed by atoms with Gasteiger partial charge in [-0.2, -0.15) is 9.78 Å². The Hall–Kier alpha value is -2.85. The lowest BCUT2D eigenvalue weighted by molar-refractivity contribution is -0.0492. The van der Waals surface area contributed by atoms with Crippen molar-refractivity contribution in [2.75, 3.05) is 0 Å². The maximum atomic E-state index is 13.7. The Morgan fingerprint density at radius 2 is 2.00 bits per heavy atom. The molecule has 4 rings (SSSR count). The van der Waals surface area contributed by atoms with Crippen LogP contribution in [0.2, 0.25) is 5.02 Å². The number of nitrogens with one attached hydrogen (secondary N) is 2. The van der Waals surface area contributed by atoms with Crippen LogP contribution in [0.4, 0.5) is 8.78 Å². The van der Waals surface area contributed by atoms with Gasteiger partial charge in [0, 0.05) is 22.6 Å². The van der Waals surface area contributed by atoms with E-state index in [1.54, 1.807) is 0 Å². The second-order valence-electron chi connectivity index (χ2n) is 8.11. The third-order valence-electron chi connectivity index (χ3n) is 5.74. The molecule has 1 aliphatic carbocycles. The number of thiophene rings is 1. The Balaban J connectivity index is 1.64. The van der Waals surface area contributed by atoms with Crippen LogP contribution >= 0.6 is 22.9 Å². The maximum absolute atomic E-state index is 13.7. The molecule has 0 saturated heterocycles. The number of aromatic amines is 1. The van der Waals surface area contributed by atoms with Crippen molar-refractivity contribution in [3.8, 4) is 5.69 Å². The van der Waals surface area contributed by atoms with Crippen LogP contribution in [0.25, 0.3) is 5.69 Å². The first-order valence-electron chi connectivity index (χ1n) is 10.4. The van der Waals surface area contributed by atoms with E-state index < -0.39 is 29.1 Å². The number of aryl methyl sites for hydroxylation is 1. The van der Waals surface area contributed by atoms with Crippen LogP contribution in [-0.2, 0) is 0 Å². The van der Waals surface area contributed by atoms with Gasteiger partial charge in [0.2, 0.25) is 5.92 Å². The molecule has 1 fully saturated rings. The van der Waals surface area contributed by atoms with Crippen molar-refractivity contribution in [3.05, 3.63) is 77.7 Å². The summed E-state index contributed by atoms with van der Waals surface area (Å²) in [5.41, 5.74) is -1.05. The van der Waals surface area contributed by atoms with E-state index >= 15 is 0 Å². The molecular formula is C22H21ClF2N4O3S. The Labute approximate surface area is 196 Å². The van der Waals surface area contributed by atoms with Crippen molar-refractivity contribution in [1.29, 1.82) is 0 Å². The van der Waals surface area contributed by atoms with E-state index in [0.717, 1.165) is 20.6 Å². The summed E-state index contributed by atoms with van der Waals surface area (Å²) < 4.78 is 28.4. The number of benzene rings is 1. The summed E-state index contributed by atoms with van der Waals surface area (Å²) in [6.45, 7) is 1.94. The molecule has 3 aromatic rings. The number of hydrogen-bond donors (Lipinski definition) is 2. The van der Waals surface area contributed by atoms with Crippen LogP contribution in [0.15, 0.2) is 46.1 Å². The monoisotopic (exact) mass is 494 g/mol. The quantitative estimate of drug-likeness (QED) is 0.554. The molecule has 0 aliphatic heterocycles. The van der Waals surface area contributed by atoms with Gasteiger partial charge in [-0.15, -0.1) is 11.3 Å².